The average molecular weight is 509 g/mol. The topological polar surface area (TPSA) is 107 Å². The van der Waals surface area contributed by atoms with Crippen LogP contribution in [-0.2, 0) is 4.79 Å². The molecule has 1 aliphatic rings. The van der Waals surface area contributed by atoms with Gasteiger partial charge in [-0.15, -0.1) is 0 Å². The number of ether oxygens (including phenoxy) is 1. The molecule has 31 heavy (non-hydrogen) atoms. The molecule has 2 aromatic rings. The van der Waals surface area contributed by atoms with Crippen molar-refractivity contribution >= 4 is 56.4 Å². The summed E-state index contributed by atoms with van der Waals surface area (Å²) in [6, 6.07) is 4.96. The van der Waals surface area contributed by atoms with Gasteiger partial charge in [0.05, 0.1) is 19.9 Å². The highest BCUT2D eigenvalue weighted by atomic mass is 79.9. The number of carbonyl (C=O) groups excluding carboxylic acids is 3. The smallest absolute Gasteiger partial charge is 0.293 e. The number of benzene rings is 2. The summed E-state index contributed by atoms with van der Waals surface area (Å²) in [5.74, 6) is -1.59. The zero-order chi connectivity index (χ0) is 23.0. The Morgan fingerprint density at radius 2 is 1.97 bits per heavy atom. The number of amides is 2. The van der Waals surface area contributed by atoms with E-state index in [1.54, 1.807) is 0 Å². The highest BCUT2D eigenvalue weighted by molar-refractivity contribution is 9.10. The van der Waals surface area contributed by atoms with Crippen molar-refractivity contribution in [2.45, 2.75) is 13.8 Å². The molecule has 2 aromatic carbocycles. The van der Waals surface area contributed by atoms with Crippen LogP contribution in [0, 0.1) is 22.9 Å². The first-order valence-electron chi connectivity index (χ1n) is 8.68. The number of carbonyl (C=O) groups is 3. The van der Waals surface area contributed by atoms with Gasteiger partial charge in [-0.3, -0.25) is 29.4 Å². The fourth-order valence-electron chi connectivity index (χ4n) is 2.72. The number of imide groups is 1. The number of nitro benzene ring substituents is 1. The van der Waals surface area contributed by atoms with Gasteiger partial charge in [-0.05, 0) is 65.3 Å². The largest absolute Gasteiger partial charge is 0.456 e. The fourth-order valence-corrected chi connectivity index (χ4v) is 4.07. The molecule has 0 aromatic heterocycles. The van der Waals surface area contributed by atoms with Crippen LogP contribution >= 0.6 is 27.7 Å². The van der Waals surface area contributed by atoms with Gasteiger partial charge in [0.1, 0.15) is 17.3 Å². The van der Waals surface area contributed by atoms with Crippen LogP contribution in [0.1, 0.15) is 28.4 Å². The van der Waals surface area contributed by atoms with Gasteiger partial charge < -0.3 is 4.74 Å². The predicted molar refractivity (Wildman–Crippen MR) is 116 cm³/mol. The maximum atomic E-state index is 14.8. The molecule has 160 valence electrons. The third kappa shape index (κ3) is 4.37. The van der Waals surface area contributed by atoms with Crippen molar-refractivity contribution in [3.63, 3.8) is 0 Å². The van der Waals surface area contributed by atoms with Crippen LogP contribution < -0.4 is 4.74 Å². The molecule has 11 heteroatoms. The van der Waals surface area contributed by atoms with Crippen LogP contribution in [0.15, 0.2) is 33.6 Å². The molecule has 0 N–H and O–H groups in total. The summed E-state index contributed by atoms with van der Waals surface area (Å²) in [4.78, 5) is 47.2. The number of non-ortho nitro benzene ring substituents is 1. The van der Waals surface area contributed by atoms with E-state index in [0.717, 1.165) is 22.7 Å². The number of thioether (sulfide) groups is 1. The van der Waals surface area contributed by atoms with Crippen LogP contribution in [0.4, 0.5) is 14.9 Å². The maximum absolute atomic E-state index is 14.8. The van der Waals surface area contributed by atoms with E-state index in [1.165, 1.54) is 45.2 Å². The molecule has 0 radical (unpaired) electrons. The van der Waals surface area contributed by atoms with E-state index in [4.69, 9.17) is 4.74 Å². The standard InChI is InChI=1S/C20H14BrFN2O6S/c1-9-15(30-14-5-4-12(24(28)29)8-13(14)10(2)25)6-11(17(21)18(9)22)7-16-19(26)23(3)20(27)31-16/h4-8H,1-3H3/b16-7-. The van der Waals surface area contributed by atoms with Crippen LogP contribution in [0.5, 0.6) is 11.5 Å². The molecular formula is C20H14BrFN2O6S. The van der Waals surface area contributed by atoms with E-state index in [1.807, 2.05) is 0 Å². The highest BCUT2D eigenvalue weighted by Crippen LogP contribution is 2.38. The first kappa shape index (κ1) is 22.6. The molecule has 0 atom stereocenters. The number of rotatable bonds is 5. The molecule has 3 rings (SSSR count). The third-order valence-corrected chi connectivity index (χ3v) is 6.24. The Kier molecular flexibility index (Phi) is 6.27. The third-order valence-electron chi connectivity index (χ3n) is 4.48. The van der Waals surface area contributed by atoms with Crippen molar-refractivity contribution < 1.29 is 28.4 Å². The molecule has 1 aliphatic heterocycles. The second kappa shape index (κ2) is 8.60. The summed E-state index contributed by atoms with van der Waals surface area (Å²) in [6.07, 6.45) is 1.36. The molecule has 1 heterocycles. The van der Waals surface area contributed by atoms with Crippen molar-refractivity contribution in [2.24, 2.45) is 0 Å². The van der Waals surface area contributed by atoms with Crippen LogP contribution in [0.3, 0.4) is 0 Å². The van der Waals surface area contributed by atoms with Gasteiger partial charge in [-0.2, -0.15) is 0 Å². The summed E-state index contributed by atoms with van der Waals surface area (Å²) in [7, 11) is 1.34. The van der Waals surface area contributed by atoms with Crippen LogP contribution in [-0.4, -0.2) is 33.8 Å². The number of halogens is 2. The van der Waals surface area contributed by atoms with E-state index < -0.39 is 27.7 Å². The van der Waals surface area contributed by atoms with Crippen molar-refractivity contribution in [2.75, 3.05) is 7.05 Å². The molecule has 0 saturated carbocycles. The summed E-state index contributed by atoms with van der Waals surface area (Å²) in [5.41, 5.74) is 0.0293. The number of Topliss-reactive ketones (excluding diaryl/α,β-unsaturated/α-hetero) is 1. The number of nitro groups is 1. The van der Waals surface area contributed by atoms with Gasteiger partial charge in [-0.25, -0.2) is 4.39 Å². The minimum atomic E-state index is -0.661. The summed E-state index contributed by atoms with van der Waals surface area (Å²) in [6.45, 7) is 2.69. The lowest BCUT2D eigenvalue weighted by Gasteiger charge is -2.14. The SMILES string of the molecule is CC(=O)c1cc([N+](=O)[O-])ccc1Oc1cc(/C=C2\SC(=O)N(C)C2=O)c(Br)c(F)c1C. The normalized spacial score (nSPS) is 15.0. The Bertz CT molecular complexity index is 1200. The van der Waals surface area contributed by atoms with E-state index in [0.29, 0.717) is 0 Å². The van der Waals surface area contributed by atoms with Crippen molar-refractivity contribution in [1.29, 1.82) is 0 Å². The summed E-state index contributed by atoms with van der Waals surface area (Å²) in [5, 5.41) is 10.5. The van der Waals surface area contributed by atoms with Crippen molar-refractivity contribution in [1.82, 2.24) is 4.90 Å². The molecule has 0 unspecified atom stereocenters. The summed E-state index contributed by atoms with van der Waals surface area (Å²) >= 11 is 3.87. The number of ketones is 1. The van der Waals surface area contributed by atoms with Crippen molar-refractivity contribution in [3.8, 4) is 11.5 Å². The molecule has 1 saturated heterocycles. The quantitative estimate of drug-likeness (QED) is 0.228. The molecule has 8 nitrogen and oxygen atoms in total. The zero-order valence-electron chi connectivity index (χ0n) is 16.4. The molecule has 0 spiro atoms. The Hall–Kier alpha value is -3.05. The Balaban J connectivity index is 2.08. The molecule has 2 amide bonds. The van der Waals surface area contributed by atoms with E-state index >= 15 is 0 Å². The lowest BCUT2D eigenvalue weighted by molar-refractivity contribution is -0.384. The Morgan fingerprint density at radius 1 is 1.29 bits per heavy atom. The summed E-state index contributed by atoms with van der Waals surface area (Å²) < 4.78 is 20.6. The average Bonchev–Trinajstić information content (AvgIpc) is 2.96. The van der Waals surface area contributed by atoms with Crippen LogP contribution in [0.2, 0.25) is 0 Å². The predicted octanol–water partition coefficient (Wildman–Crippen LogP) is 5.47. The van der Waals surface area contributed by atoms with E-state index in [9.17, 15) is 28.9 Å². The second-order valence-electron chi connectivity index (χ2n) is 6.55. The second-order valence-corrected chi connectivity index (χ2v) is 8.34. The minimum absolute atomic E-state index is 0.0164. The molecule has 0 bridgehead atoms. The number of hydrogen-bond acceptors (Lipinski definition) is 7. The molecule has 1 fully saturated rings. The number of nitrogens with zero attached hydrogens (tertiary/aromatic N) is 2. The van der Waals surface area contributed by atoms with E-state index in [2.05, 4.69) is 15.9 Å². The number of hydrogen-bond donors (Lipinski definition) is 0. The van der Waals surface area contributed by atoms with Gasteiger partial charge >= 0.3 is 0 Å². The Labute approximate surface area is 188 Å². The van der Waals surface area contributed by atoms with Gasteiger partial charge in [0.2, 0.25) is 0 Å². The van der Waals surface area contributed by atoms with Gasteiger partial charge in [-0.1, -0.05) is 0 Å². The minimum Gasteiger partial charge on any atom is -0.456 e. The first-order valence-corrected chi connectivity index (χ1v) is 10.3. The molecule has 0 aliphatic carbocycles. The lowest BCUT2D eigenvalue weighted by Crippen LogP contribution is -2.22. The highest BCUT2D eigenvalue weighted by Gasteiger charge is 2.32. The monoisotopic (exact) mass is 508 g/mol. The Morgan fingerprint density at radius 3 is 2.52 bits per heavy atom. The van der Waals surface area contributed by atoms with Gasteiger partial charge in [0.25, 0.3) is 16.8 Å². The fraction of sp³-hybridized carbons (Fsp3) is 0.150. The van der Waals surface area contributed by atoms with Crippen molar-refractivity contribution in [3.05, 3.63) is 66.3 Å². The van der Waals surface area contributed by atoms with Gasteiger partial charge in [0.15, 0.2) is 5.78 Å². The van der Waals surface area contributed by atoms with Crippen LogP contribution in [0.25, 0.3) is 6.08 Å². The maximum Gasteiger partial charge on any atom is 0.293 e. The van der Waals surface area contributed by atoms with Gasteiger partial charge in [0, 0.05) is 24.7 Å². The zero-order valence-corrected chi connectivity index (χ0v) is 18.8. The first-order chi connectivity index (χ1) is 14.5. The molecular weight excluding hydrogens is 495 g/mol. The lowest BCUT2D eigenvalue weighted by atomic mass is 10.1. The van der Waals surface area contributed by atoms with E-state index in [-0.39, 0.29) is 43.3 Å². The number of likely N-dealkylation sites (N-methyl/N-ethyl adjacent to an activating group) is 1.